The molecule has 0 saturated heterocycles. The lowest BCUT2D eigenvalue weighted by Gasteiger charge is -2.24. The number of benzene rings is 1. The number of hydrogen-bond donors (Lipinski definition) is 1. The van der Waals surface area contributed by atoms with Gasteiger partial charge in [0.25, 0.3) is 0 Å². The van der Waals surface area contributed by atoms with Crippen molar-refractivity contribution in [3.63, 3.8) is 0 Å². The molecule has 0 radical (unpaired) electrons. The van der Waals surface area contributed by atoms with Crippen molar-refractivity contribution in [3.8, 4) is 0 Å². The standard InChI is InChI=1S/C18H20N4O3/c23-17(20-13-7-8-16-19-9-11-21(16)12-13)6-3-10-22-14-4-1-2-5-15(14)25-18(22)24/h1-2,4-5,9,11,13H,3,6-8,10,12H2,(H,20,23)/t13-/m0/s1. The molecule has 1 aliphatic rings. The highest BCUT2D eigenvalue weighted by molar-refractivity contribution is 5.76. The van der Waals surface area contributed by atoms with Crippen molar-refractivity contribution in [1.29, 1.82) is 0 Å². The molecule has 1 N–H and O–H groups in total. The zero-order chi connectivity index (χ0) is 17.2. The third-order valence-electron chi connectivity index (χ3n) is 4.66. The van der Waals surface area contributed by atoms with E-state index in [-0.39, 0.29) is 17.7 Å². The number of para-hydroxylation sites is 2. The summed E-state index contributed by atoms with van der Waals surface area (Å²) < 4.78 is 8.88. The Morgan fingerprint density at radius 2 is 2.24 bits per heavy atom. The Labute approximate surface area is 144 Å². The van der Waals surface area contributed by atoms with Crippen LogP contribution in [-0.2, 0) is 24.3 Å². The van der Waals surface area contributed by atoms with Gasteiger partial charge in [-0.2, -0.15) is 0 Å². The van der Waals surface area contributed by atoms with Gasteiger partial charge in [-0.05, 0) is 25.0 Å². The molecule has 1 aliphatic heterocycles. The van der Waals surface area contributed by atoms with Gasteiger partial charge in [-0.1, -0.05) is 12.1 Å². The van der Waals surface area contributed by atoms with E-state index in [0.717, 1.165) is 30.7 Å². The minimum atomic E-state index is -0.374. The number of rotatable bonds is 5. The van der Waals surface area contributed by atoms with E-state index >= 15 is 0 Å². The third kappa shape index (κ3) is 3.22. The predicted octanol–water partition coefficient (Wildman–Crippen LogP) is 1.70. The summed E-state index contributed by atoms with van der Waals surface area (Å²) in [6.07, 6.45) is 6.52. The Morgan fingerprint density at radius 1 is 1.36 bits per heavy atom. The Balaban J connectivity index is 1.31. The molecule has 130 valence electrons. The molecule has 3 heterocycles. The van der Waals surface area contributed by atoms with Crippen LogP contribution in [0.1, 0.15) is 25.1 Å². The summed E-state index contributed by atoms with van der Waals surface area (Å²) in [5, 5.41) is 3.08. The van der Waals surface area contributed by atoms with Gasteiger partial charge in [-0.25, -0.2) is 9.78 Å². The summed E-state index contributed by atoms with van der Waals surface area (Å²) in [6, 6.07) is 7.47. The molecule has 0 unspecified atom stereocenters. The molecule has 0 fully saturated rings. The number of oxazole rings is 1. The Hall–Kier alpha value is -2.83. The normalized spacial score (nSPS) is 16.7. The molecule has 1 amide bonds. The summed E-state index contributed by atoms with van der Waals surface area (Å²) in [5.41, 5.74) is 1.35. The highest BCUT2D eigenvalue weighted by Gasteiger charge is 2.20. The number of amides is 1. The maximum Gasteiger partial charge on any atom is 0.419 e. The lowest BCUT2D eigenvalue weighted by atomic mass is 10.1. The van der Waals surface area contributed by atoms with Gasteiger partial charge in [0, 0.05) is 44.4 Å². The van der Waals surface area contributed by atoms with Crippen LogP contribution in [0.5, 0.6) is 0 Å². The van der Waals surface area contributed by atoms with Gasteiger partial charge in [0.15, 0.2) is 5.58 Å². The predicted molar refractivity (Wildman–Crippen MR) is 92.2 cm³/mol. The molecule has 2 aromatic heterocycles. The van der Waals surface area contributed by atoms with Crippen LogP contribution in [0.15, 0.2) is 45.9 Å². The fourth-order valence-electron chi connectivity index (χ4n) is 3.41. The molecule has 7 nitrogen and oxygen atoms in total. The zero-order valence-corrected chi connectivity index (χ0v) is 13.9. The lowest BCUT2D eigenvalue weighted by Crippen LogP contribution is -2.40. The number of carbonyl (C=O) groups excluding carboxylic acids is 1. The molecule has 7 heteroatoms. The number of fused-ring (bicyclic) bond motifs is 2. The summed E-state index contributed by atoms with van der Waals surface area (Å²) >= 11 is 0. The van der Waals surface area contributed by atoms with Crippen LogP contribution in [0.4, 0.5) is 0 Å². The molecule has 0 aliphatic carbocycles. The molecule has 4 rings (SSSR count). The minimum absolute atomic E-state index is 0.0226. The topological polar surface area (TPSA) is 82.1 Å². The maximum atomic E-state index is 12.2. The second-order valence-electron chi connectivity index (χ2n) is 6.39. The van der Waals surface area contributed by atoms with Crippen molar-refractivity contribution in [2.45, 2.75) is 44.8 Å². The van der Waals surface area contributed by atoms with Gasteiger partial charge < -0.3 is 14.3 Å². The van der Waals surface area contributed by atoms with Crippen LogP contribution < -0.4 is 11.1 Å². The average Bonchev–Trinajstić information content (AvgIpc) is 3.19. The number of hydrogen-bond acceptors (Lipinski definition) is 4. The molecular formula is C18H20N4O3. The quantitative estimate of drug-likeness (QED) is 0.766. The highest BCUT2D eigenvalue weighted by Crippen LogP contribution is 2.14. The smallest absolute Gasteiger partial charge is 0.408 e. The third-order valence-corrected chi connectivity index (χ3v) is 4.66. The number of nitrogens with zero attached hydrogens (tertiary/aromatic N) is 3. The van der Waals surface area contributed by atoms with E-state index in [9.17, 15) is 9.59 Å². The van der Waals surface area contributed by atoms with Crippen LogP contribution in [0.25, 0.3) is 11.1 Å². The molecule has 3 aromatic rings. The highest BCUT2D eigenvalue weighted by atomic mass is 16.4. The SMILES string of the molecule is O=C(CCCn1c(=O)oc2ccccc21)N[C@H]1CCc2nccn2C1. The van der Waals surface area contributed by atoms with Crippen molar-refractivity contribution in [2.24, 2.45) is 0 Å². The number of aromatic nitrogens is 3. The molecular weight excluding hydrogens is 320 g/mol. The Morgan fingerprint density at radius 3 is 3.16 bits per heavy atom. The van der Waals surface area contributed by atoms with E-state index in [0.29, 0.717) is 25.0 Å². The van der Waals surface area contributed by atoms with E-state index in [1.165, 1.54) is 0 Å². The lowest BCUT2D eigenvalue weighted by molar-refractivity contribution is -0.122. The van der Waals surface area contributed by atoms with Crippen molar-refractivity contribution in [2.75, 3.05) is 0 Å². The van der Waals surface area contributed by atoms with Crippen molar-refractivity contribution in [1.82, 2.24) is 19.4 Å². The van der Waals surface area contributed by atoms with Crippen LogP contribution >= 0.6 is 0 Å². The van der Waals surface area contributed by atoms with Crippen molar-refractivity contribution in [3.05, 3.63) is 53.0 Å². The zero-order valence-electron chi connectivity index (χ0n) is 13.9. The Kier molecular flexibility index (Phi) is 4.13. The van der Waals surface area contributed by atoms with Crippen molar-refractivity contribution < 1.29 is 9.21 Å². The van der Waals surface area contributed by atoms with Crippen LogP contribution in [0, 0.1) is 0 Å². The first-order chi connectivity index (χ1) is 12.2. The number of imidazole rings is 1. The Bertz CT molecular complexity index is 953. The first-order valence-corrected chi connectivity index (χ1v) is 8.58. The first kappa shape index (κ1) is 15.7. The van der Waals surface area contributed by atoms with Crippen molar-refractivity contribution >= 4 is 17.0 Å². The number of aryl methyl sites for hydroxylation is 2. The minimum Gasteiger partial charge on any atom is -0.408 e. The van der Waals surface area contributed by atoms with Crippen LogP contribution in [0.2, 0.25) is 0 Å². The van der Waals surface area contributed by atoms with Gasteiger partial charge >= 0.3 is 5.76 Å². The van der Waals surface area contributed by atoms with Gasteiger partial charge in [-0.3, -0.25) is 9.36 Å². The van der Waals surface area contributed by atoms with Gasteiger partial charge in [0.1, 0.15) is 5.82 Å². The maximum absolute atomic E-state index is 12.2. The second-order valence-corrected chi connectivity index (χ2v) is 6.39. The number of carbonyl (C=O) groups is 1. The van der Waals surface area contributed by atoms with Gasteiger partial charge in [-0.15, -0.1) is 0 Å². The van der Waals surface area contributed by atoms with E-state index < -0.39 is 0 Å². The number of nitrogens with one attached hydrogen (secondary N) is 1. The fourth-order valence-corrected chi connectivity index (χ4v) is 3.41. The summed E-state index contributed by atoms with van der Waals surface area (Å²) in [4.78, 5) is 28.4. The monoisotopic (exact) mass is 340 g/mol. The fraction of sp³-hybridized carbons (Fsp3) is 0.389. The molecule has 0 saturated carbocycles. The van der Waals surface area contributed by atoms with Crippen LogP contribution in [0.3, 0.4) is 0 Å². The first-order valence-electron chi connectivity index (χ1n) is 8.58. The van der Waals surface area contributed by atoms with Crippen LogP contribution in [-0.4, -0.2) is 26.1 Å². The summed E-state index contributed by atoms with van der Waals surface area (Å²) in [6.45, 7) is 1.24. The molecule has 1 atom stereocenters. The summed E-state index contributed by atoms with van der Waals surface area (Å²) in [7, 11) is 0. The summed E-state index contributed by atoms with van der Waals surface area (Å²) in [5.74, 6) is 0.729. The molecule has 25 heavy (non-hydrogen) atoms. The van der Waals surface area contributed by atoms with E-state index in [1.54, 1.807) is 16.8 Å². The van der Waals surface area contributed by atoms with E-state index in [2.05, 4.69) is 14.9 Å². The molecule has 0 spiro atoms. The second kappa shape index (κ2) is 6.58. The van der Waals surface area contributed by atoms with E-state index in [1.807, 2.05) is 24.4 Å². The largest absolute Gasteiger partial charge is 0.419 e. The molecule has 1 aromatic carbocycles. The van der Waals surface area contributed by atoms with E-state index in [4.69, 9.17) is 4.42 Å². The van der Waals surface area contributed by atoms with Gasteiger partial charge in [0.05, 0.1) is 5.52 Å². The van der Waals surface area contributed by atoms with Gasteiger partial charge in [0.2, 0.25) is 5.91 Å². The molecule has 0 bridgehead atoms. The average molecular weight is 340 g/mol.